The van der Waals surface area contributed by atoms with Gasteiger partial charge in [0.1, 0.15) is 0 Å². The van der Waals surface area contributed by atoms with E-state index in [9.17, 15) is 4.79 Å². The van der Waals surface area contributed by atoms with Crippen LogP contribution in [0.4, 0.5) is 0 Å². The predicted molar refractivity (Wildman–Crippen MR) is 44.2 cm³/mol. The number of carboxylic acids is 1. The lowest BCUT2D eigenvalue weighted by Crippen LogP contribution is -2.33. The highest BCUT2D eigenvalue weighted by molar-refractivity contribution is 5.70. The molecule has 0 rings (SSSR count). The van der Waals surface area contributed by atoms with Crippen molar-refractivity contribution in [2.75, 3.05) is 0 Å². The van der Waals surface area contributed by atoms with Crippen molar-refractivity contribution in [2.24, 2.45) is 17.6 Å². The van der Waals surface area contributed by atoms with Gasteiger partial charge in [-0.25, -0.2) is 0 Å². The maximum Gasteiger partial charge on any atom is 0.308 e. The van der Waals surface area contributed by atoms with Crippen molar-refractivity contribution in [3.63, 3.8) is 0 Å². The molecule has 0 bridgehead atoms. The normalized spacial score (nSPS) is 16.5. The van der Waals surface area contributed by atoms with Crippen LogP contribution in [-0.4, -0.2) is 17.1 Å². The molecule has 0 fully saturated rings. The van der Waals surface area contributed by atoms with Gasteiger partial charge in [-0.15, -0.1) is 0 Å². The molecule has 0 aromatic rings. The summed E-state index contributed by atoms with van der Waals surface area (Å²) in [5.41, 5.74) is 5.51. The molecule has 0 heterocycles. The Morgan fingerprint density at radius 3 is 2.00 bits per heavy atom. The zero-order valence-electron chi connectivity index (χ0n) is 7.37. The van der Waals surface area contributed by atoms with Crippen LogP contribution in [0.2, 0.25) is 0 Å². The summed E-state index contributed by atoms with van der Waals surface area (Å²) < 4.78 is 0. The van der Waals surface area contributed by atoms with Crippen molar-refractivity contribution in [3.05, 3.63) is 0 Å². The molecule has 66 valence electrons. The standard InChI is InChI=1S/C8H17NO2/c1-5(2)4-7(6(3)9)8(10)11/h5-7H,4,9H2,1-3H3,(H,10,11). The molecule has 2 atom stereocenters. The van der Waals surface area contributed by atoms with Gasteiger partial charge in [-0.1, -0.05) is 13.8 Å². The first kappa shape index (κ1) is 10.4. The molecule has 0 aromatic heterocycles. The van der Waals surface area contributed by atoms with E-state index >= 15 is 0 Å². The van der Waals surface area contributed by atoms with E-state index in [0.29, 0.717) is 12.3 Å². The van der Waals surface area contributed by atoms with Gasteiger partial charge in [-0.05, 0) is 19.3 Å². The van der Waals surface area contributed by atoms with Crippen LogP contribution >= 0.6 is 0 Å². The van der Waals surface area contributed by atoms with Gasteiger partial charge < -0.3 is 10.8 Å². The summed E-state index contributed by atoms with van der Waals surface area (Å²) >= 11 is 0. The molecule has 0 amide bonds. The summed E-state index contributed by atoms with van der Waals surface area (Å²) in [5.74, 6) is -0.786. The monoisotopic (exact) mass is 159 g/mol. The first-order chi connectivity index (χ1) is 4.95. The topological polar surface area (TPSA) is 63.3 Å². The second kappa shape index (κ2) is 4.34. The first-order valence-corrected chi connectivity index (χ1v) is 3.93. The maximum atomic E-state index is 10.6. The zero-order valence-corrected chi connectivity index (χ0v) is 7.37. The molecule has 3 N–H and O–H groups in total. The summed E-state index contributed by atoms with van der Waals surface area (Å²) in [4.78, 5) is 10.6. The van der Waals surface area contributed by atoms with E-state index in [1.165, 1.54) is 0 Å². The Bertz CT molecular complexity index is 132. The third-order valence-electron chi connectivity index (χ3n) is 1.68. The lowest BCUT2D eigenvalue weighted by molar-refractivity contribution is -0.142. The van der Waals surface area contributed by atoms with Crippen LogP contribution in [0, 0.1) is 11.8 Å². The van der Waals surface area contributed by atoms with Gasteiger partial charge in [0.15, 0.2) is 0 Å². The molecular formula is C8H17NO2. The van der Waals surface area contributed by atoms with Crippen molar-refractivity contribution in [2.45, 2.75) is 33.2 Å². The van der Waals surface area contributed by atoms with Gasteiger partial charge in [0.25, 0.3) is 0 Å². The van der Waals surface area contributed by atoms with Crippen molar-refractivity contribution in [1.82, 2.24) is 0 Å². The second-order valence-electron chi connectivity index (χ2n) is 3.43. The zero-order chi connectivity index (χ0) is 9.02. The van der Waals surface area contributed by atoms with Gasteiger partial charge in [-0.2, -0.15) is 0 Å². The Labute approximate surface area is 67.6 Å². The van der Waals surface area contributed by atoms with Crippen LogP contribution in [0.3, 0.4) is 0 Å². The fourth-order valence-corrected chi connectivity index (χ4v) is 1.05. The predicted octanol–water partition coefficient (Wildman–Crippen LogP) is 1.08. The number of hydrogen-bond donors (Lipinski definition) is 2. The average molecular weight is 159 g/mol. The van der Waals surface area contributed by atoms with E-state index in [2.05, 4.69) is 0 Å². The van der Waals surface area contributed by atoms with E-state index in [1.54, 1.807) is 6.92 Å². The fraction of sp³-hybridized carbons (Fsp3) is 0.875. The van der Waals surface area contributed by atoms with E-state index in [4.69, 9.17) is 10.8 Å². The highest BCUT2D eigenvalue weighted by Crippen LogP contribution is 2.14. The Morgan fingerprint density at radius 1 is 1.45 bits per heavy atom. The molecule has 0 saturated heterocycles. The molecule has 0 aliphatic rings. The third kappa shape index (κ3) is 3.98. The summed E-state index contributed by atoms with van der Waals surface area (Å²) in [7, 11) is 0. The number of carbonyl (C=O) groups is 1. The molecule has 0 saturated carbocycles. The van der Waals surface area contributed by atoms with Gasteiger partial charge >= 0.3 is 5.97 Å². The minimum Gasteiger partial charge on any atom is -0.481 e. The van der Waals surface area contributed by atoms with Crippen molar-refractivity contribution in [3.8, 4) is 0 Å². The van der Waals surface area contributed by atoms with Gasteiger partial charge in [0, 0.05) is 6.04 Å². The summed E-state index contributed by atoms with van der Waals surface area (Å²) in [5, 5.41) is 8.71. The quantitative estimate of drug-likeness (QED) is 0.645. The first-order valence-electron chi connectivity index (χ1n) is 3.93. The smallest absolute Gasteiger partial charge is 0.308 e. The molecule has 0 aliphatic heterocycles. The lowest BCUT2D eigenvalue weighted by Gasteiger charge is -2.17. The summed E-state index contributed by atoms with van der Waals surface area (Å²) in [6.45, 7) is 5.73. The molecule has 0 aromatic carbocycles. The Morgan fingerprint density at radius 2 is 1.91 bits per heavy atom. The molecular weight excluding hydrogens is 142 g/mol. The van der Waals surface area contributed by atoms with E-state index < -0.39 is 11.9 Å². The average Bonchev–Trinajstić information content (AvgIpc) is 1.81. The highest BCUT2D eigenvalue weighted by atomic mass is 16.4. The number of nitrogens with two attached hydrogens (primary N) is 1. The maximum absolute atomic E-state index is 10.6. The minimum absolute atomic E-state index is 0.255. The third-order valence-corrected chi connectivity index (χ3v) is 1.68. The molecule has 3 heteroatoms. The van der Waals surface area contributed by atoms with Crippen LogP contribution in [0.1, 0.15) is 27.2 Å². The highest BCUT2D eigenvalue weighted by Gasteiger charge is 2.22. The SMILES string of the molecule is CC(C)CC(C(=O)O)C(C)N. The van der Waals surface area contributed by atoms with E-state index in [1.807, 2.05) is 13.8 Å². The summed E-state index contributed by atoms with van der Waals surface area (Å²) in [6, 6.07) is -0.255. The second-order valence-corrected chi connectivity index (χ2v) is 3.43. The van der Waals surface area contributed by atoms with Crippen molar-refractivity contribution >= 4 is 5.97 Å². The number of rotatable bonds is 4. The van der Waals surface area contributed by atoms with Crippen molar-refractivity contribution in [1.29, 1.82) is 0 Å². The minimum atomic E-state index is -0.784. The summed E-state index contributed by atoms with van der Waals surface area (Å²) in [6.07, 6.45) is 0.660. The van der Waals surface area contributed by atoms with Crippen LogP contribution < -0.4 is 5.73 Å². The van der Waals surface area contributed by atoms with Crippen LogP contribution in [0.5, 0.6) is 0 Å². The van der Waals surface area contributed by atoms with Gasteiger partial charge in [0.2, 0.25) is 0 Å². The molecule has 2 unspecified atom stereocenters. The Kier molecular flexibility index (Phi) is 4.11. The number of hydrogen-bond acceptors (Lipinski definition) is 2. The number of aliphatic carboxylic acids is 1. The van der Waals surface area contributed by atoms with Crippen LogP contribution in [-0.2, 0) is 4.79 Å². The van der Waals surface area contributed by atoms with Gasteiger partial charge in [-0.3, -0.25) is 4.79 Å². The molecule has 0 radical (unpaired) electrons. The van der Waals surface area contributed by atoms with Gasteiger partial charge in [0.05, 0.1) is 5.92 Å². The Hall–Kier alpha value is -0.570. The van der Waals surface area contributed by atoms with E-state index in [-0.39, 0.29) is 6.04 Å². The molecule has 3 nitrogen and oxygen atoms in total. The molecule has 0 aliphatic carbocycles. The van der Waals surface area contributed by atoms with Crippen LogP contribution in [0.25, 0.3) is 0 Å². The van der Waals surface area contributed by atoms with Crippen molar-refractivity contribution < 1.29 is 9.90 Å². The lowest BCUT2D eigenvalue weighted by atomic mass is 9.92. The van der Waals surface area contributed by atoms with E-state index in [0.717, 1.165) is 0 Å². The molecule has 11 heavy (non-hydrogen) atoms. The number of carboxylic acid groups (broad SMARTS) is 1. The Balaban J connectivity index is 4.01. The van der Waals surface area contributed by atoms with Crippen LogP contribution in [0.15, 0.2) is 0 Å². The largest absolute Gasteiger partial charge is 0.481 e. The fourth-order valence-electron chi connectivity index (χ4n) is 1.05. The molecule has 0 spiro atoms.